The fourth-order valence-corrected chi connectivity index (χ4v) is 9.88. The zero-order valence-electron chi connectivity index (χ0n) is 20.6. The van der Waals surface area contributed by atoms with Gasteiger partial charge in [0.15, 0.2) is 5.70 Å². The van der Waals surface area contributed by atoms with Gasteiger partial charge < -0.3 is 0 Å². The number of allylic oxidation sites excluding steroid dienone is 2. The summed E-state index contributed by atoms with van der Waals surface area (Å²) in [6.07, 6.45) is 11.9. The first-order valence-corrected chi connectivity index (χ1v) is 14.0. The second kappa shape index (κ2) is 8.03. The number of quaternary nitrogens is 1. The Hall–Kier alpha value is -0.570. The second-order valence-electron chi connectivity index (χ2n) is 12.4. The molecule has 4 aliphatic rings. The average molecular weight is 450 g/mol. The van der Waals surface area contributed by atoms with E-state index in [-0.39, 0.29) is 22.0 Å². The minimum Gasteiger partial charge on any atom is -0.233 e. The van der Waals surface area contributed by atoms with E-state index in [1.54, 1.807) is 0 Å². The van der Waals surface area contributed by atoms with Crippen LogP contribution in [-0.4, -0.2) is 27.9 Å². The molecule has 5 heteroatoms. The highest BCUT2D eigenvalue weighted by atomic mass is 31.1. The standard InChI is InChI=1S/C26H43NO3P/c1-17(2)27(16-28,18(3)4)23-15-26(6)19(14-24(23)31(29)30)9-10-20-21-8-7-12-25(21,5)13-11-22(20)26/h16-22H,7-15H2,1-6H3/q+1/p+1/t19-,20-,21-,22-,25-,26-/m0/s1. The lowest BCUT2D eigenvalue weighted by Crippen LogP contribution is -2.60. The molecule has 1 amide bonds. The Morgan fingerprint density at radius 2 is 1.71 bits per heavy atom. The quantitative estimate of drug-likeness (QED) is 0.286. The molecule has 0 saturated heterocycles. The van der Waals surface area contributed by atoms with Crippen LogP contribution in [0.1, 0.15) is 99.3 Å². The van der Waals surface area contributed by atoms with Crippen LogP contribution in [0.3, 0.4) is 0 Å². The van der Waals surface area contributed by atoms with Gasteiger partial charge in [-0.1, -0.05) is 20.3 Å². The Balaban J connectivity index is 1.79. The van der Waals surface area contributed by atoms with Gasteiger partial charge >= 0.3 is 14.4 Å². The van der Waals surface area contributed by atoms with Crippen molar-refractivity contribution in [3.8, 4) is 0 Å². The lowest BCUT2D eigenvalue weighted by molar-refractivity contribution is -0.854. The molecule has 4 rings (SSSR count). The molecule has 0 aliphatic heterocycles. The van der Waals surface area contributed by atoms with Gasteiger partial charge in [-0.05, 0) is 105 Å². The van der Waals surface area contributed by atoms with Crippen LogP contribution < -0.4 is 0 Å². The van der Waals surface area contributed by atoms with E-state index in [1.165, 1.54) is 44.9 Å². The van der Waals surface area contributed by atoms with E-state index in [4.69, 9.17) is 0 Å². The van der Waals surface area contributed by atoms with Crippen LogP contribution in [-0.2, 0) is 9.36 Å². The second-order valence-corrected chi connectivity index (χ2v) is 13.5. The van der Waals surface area contributed by atoms with E-state index in [1.807, 2.05) is 0 Å². The molecule has 1 unspecified atom stereocenters. The van der Waals surface area contributed by atoms with Gasteiger partial charge in [-0.2, -0.15) is 4.89 Å². The van der Waals surface area contributed by atoms with Gasteiger partial charge in [0.1, 0.15) is 0 Å². The molecule has 0 aromatic heterocycles. The van der Waals surface area contributed by atoms with E-state index in [9.17, 15) is 14.3 Å². The van der Waals surface area contributed by atoms with Crippen LogP contribution in [0, 0.1) is 34.5 Å². The largest absolute Gasteiger partial charge is 0.547 e. The van der Waals surface area contributed by atoms with Crippen molar-refractivity contribution in [2.75, 3.05) is 0 Å². The summed E-state index contributed by atoms with van der Waals surface area (Å²) in [5.41, 5.74) is 1.64. The van der Waals surface area contributed by atoms with Crippen LogP contribution in [0.4, 0.5) is 0 Å². The first kappa shape index (κ1) is 23.6. The lowest BCUT2D eigenvalue weighted by Gasteiger charge is -2.60. The summed E-state index contributed by atoms with van der Waals surface area (Å²) in [7, 11) is -2.41. The zero-order chi connectivity index (χ0) is 22.8. The van der Waals surface area contributed by atoms with Crippen molar-refractivity contribution < 1.29 is 18.7 Å². The van der Waals surface area contributed by atoms with Gasteiger partial charge in [0.25, 0.3) is 5.31 Å². The third-order valence-corrected chi connectivity index (χ3v) is 11.7. The molecule has 1 N–H and O–H groups in total. The van der Waals surface area contributed by atoms with Gasteiger partial charge in [0.05, 0.1) is 12.1 Å². The molecule has 0 spiro atoms. The van der Waals surface area contributed by atoms with Crippen LogP contribution in [0.25, 0.3) is 0 Å². The first-order chi connectivity index (χ1) is 14.5. The van der Waals surface area contributed by atoms with Crippen molar-refractivity contribution in [3.63, 3.8) is 0 Å². The topological polar surface area (TPSA) is 54.4 Å². The van der Waals surface area contributed by atoms with E-state index >= 15 is 0 Å². The fourth-order valence-electron chi connectivity index (χ4n) is 9.03. The third-order valence-electron chi connectivity index (χ3n) is 10.7. The zero-order valence-corrected chi connectivity index (χ0v) is 21.5. The van der Waals surface area contributed by atoms with Crippen molar-refractivity contribution in [1.29, 1.82) is 0 Å². The van der Waals surface area contributed by atoms with Crippen molar-refractivity contribution >= 4 is 14.4 Å². The van der Waals surface area contributed by atoms with Gasteiger partial charge in [-0.15, -0.1) is 0 Å². The molecule has 4 nitrogen and oxygen atoms in total. The maximum absolute atomic E-state index is 12.7. The molecule has 0 heterocycles. The molecule has 0 radical (unpaired) electrons. The normalized spacial score (nSPS) is 41.1. The SMILES string of the molecule is CC(C)[N+](C=O)(C1=C([P+](=O)O)C[C@@H]2CC[C@H]3[C@@H]4CCC[C@@]4(C)CC[C@@H]3[C@@]2(C)C1)C(C)C. The molecular weight excluding hydrogens is 405 g/mol. The Bertz CT molecular complexity index is 782. The minimum atomic E-state index is -2.41. The molecule has 0 aromatic rings. The summed E-state index contributed by atoms with van der Waals surface area (Å²) in [6, 6.07) is 0.114. The van der Waals surface area contributed by atoms with Crippen LogP contribution >= 0.6 is 8.03 Å². The van der Waals surface area contributed by atoms with Crippen molar-refractivity contribution in [1.82, 2.24) is 0 Å². The minimum absolute atomic E-state index is 0.0569. The highest BCUT2D eigenvalue weighted by Gasteiger charge is 2.62. The van der Waals surface area contributed by atoms with Crippen molar-refractivity contribution in [2.45, 2.75) is 111 Å². The lowest BCUT2D eigenvalue weighted by atomic mass is 9.45. The summed E-state index contributed by atoms with van der Waals surface area (Å²) in [6.45, 7) is 13.4. The van der Waals surface area contributed by atoms with E-state index in [2.05, 4.69) is 41.5 Å². The average Bonchev–Trinajstić information content (AvgIpc) is 3.09. The van der Waals surface area contributed by atoms with E-state index in [0.29, 0.717) is 29.0 Å². The molecule has 174 valence electrons. The number of hydrogen-bond acceptors (Lipinski definition) is 2. The molecule has 31 heavy (non-hydrogen) atoms. The molecule has 3 saturated carbocycles. The number of amides is 1. The van der Waals surface area contributed by atoms with E-state index in [0.717, 1.165) is 30.4 Å². The summed E-state index contributed by atoms with van der Waals surface area (Å²) in [4.78, 5) is 23.0. The summed E-state index contributed by atoms with van der Waals surface area (Å²) < 4.78 is 12.8. The Morgan fingerprint density at radius 1 is 1.03 bits per heavy atom. The van der Waals surface area contributed by atoms with Crippen LogP contribution in [0.2, 0.25) is 0 Å². The van der Waals surface area contributed by atoms with Gasteiger partial charge in [-0.25, -0.2) is 9.28 Å². The highest BCUT2D eigenvalue weighted by molar-refractivity contribution is 7.43. The highest BCUT2D eigenvalue weighted by Crippen LogP contribution is 2.68. The van der Waals surface area contributed by atoms with Crippen molar-refractivity contribution in [3.05, 3.63) is 11.0 Å². The van der Waals surface area contributed by atoms with Crippen LogP contribution in [0.15, 0.2) is 11.0 Å². The predicted molar refractivity (Wildman–Crippen MR) is 125 cm³/mol. The monoisotopic (exact) mass is 449 g/mol. The Labute approximate surface area is 190 Å². The summed E-state index contributed by atoms with van der Waals surface area (Å²) in [5, 5.41) is 0.687. The maximum atomic E-state index is 12.7. The summed E-state index contributed by atoms with van der Waals surface area (Å²) >= 11 is 0. The number of carbonyl (C=O) groups is 1. The van der Waals surface area contributed by atoms with Gasteiger partial charge in [0.2, 0.25) is 0 Å². The Morgan fingerprint density at radius 3 is 2.29 bits per heavy atom. The van der Waals surface area contributed by atoms with Crippen molar-refractivity contribution in [2.24, 2.45) is 34.5 Å². The number of nitrogens with zero attached hydrogens (tertiary/aromatic N) is 1. The third kappa shape index (κ3) is 3.34. The van der Waals surface area contributed by atoms with Gasteiger partial charge in [0, 0.05) is 12.8 Å². The molecule has 0 aromatic carbocycles. The maximum Gasteiger partial charge on any atom is 0.547 e. The first-order valence-electron chi connectivity index (χ1n) is 12.7. The smallest absolute Gasteiger partial charge is 0.233 e. The molecule has 0 bridgehead atoms. The van der Waals surface area contributed by atoms with Crippen LogP contribution in [0.5, 0.6) is 0 Å². The summed E-state index contributed by atoms with van der Waals surface area (Å²) in [5.74, 6) is 2.80. The Kier molecular flexibility index (Phi) is 6.11. The molecule has 3 fully saturated rings. The number of carbonyl (C=O) groups excluding carboxylic acids is 1. The number of fused-ring (bicyclic) bond motifs is 5. The predicted octanol–water partition coefficient (Wildman–Crippen LogP) is 6.77. The van der Waals surface area contributed by atoms with Gasteiger partial charge in [-0.3, -0.25) is 0 Å². The van der Waals surface area contributed by atoms with E-state index < -0.39 is 8.03 Å². The number of rotatable bonds is 5. The fraction of sp³-hybridized carbons (Fsp3) is 0.885. The molecular formula is C26H44NO3P+2. The molecule has 4 aliphatic carbocycles. The molecule has 7 atom stereocenters. The number of hydrogen-bond donors (Lipinski definition) is 1.